The van der Waals surface area contributed by atoms with Gasteiger partial charge in [0.05, 0.1) is 12.5 Å². The maximum atomic E-state index is 14.4. The van der Waals surface area contributed by atoms with Crippen LogP contribution in [0, 0.1) is 11.8 Å². The van der Waals surface area contributed by atoms with E-state index >= 15 is 0 Å². The van der Waals surface area contributed by atoms with Crippen LogP contribution in [-0.4, -0.2) is 55.2 Å². The van der Waals surface area contributed by atoms with Crippen molar-refractivity contribution in [2.75, 3.05) is 0 Å². The minimum absolute atomic E-state index is 0.0715. The van der Waals surface area contributed by atoms with E-state index in [4.69, 9.17) is 9.16 Å². The summed E-state index contributed by atoms with van der Waals surface area (Å²) in [4.78, 5) is 57.6. The van der Waals surface area contributed by atoms with Gasteiger partial charge >= 0.3 is 5.97 Å². The summed E-state index contributed by atoms with van der Waals surface area (Å²) < 4.78 is 12.7. The lowest BCUT2D eigenvalue weighted by atomic mass is 10.00. The number of H-pyrrole nitrogens is 1. The van der Waals surface area contributed by atoms with Crippen LogP contribution in [0.2, 0.25) is 16.6 Å². The van der Waals surface area contributed by atoms with Crippen LogP contribution in [0.1, 0.15) is 106 Å². The lowest BCUT2D eigenvalue weighted by Gasteiger charge is -2.42. The van der Waals surface area contributed by atoms with Crippen molar-refractivity contribution in [1.82, 2.24) is 20.9 Å². The van der Waals surface area contributed by atoms with Crippen LogP contribution in [0.3, 0.4) is 0 Å². The number of esters is 1. The lowest BCUT2D eigenvalue weighted by Crippen LogP contribution is -2.54. The van der Waals surface area contributed by atoms with Gasteiger partial charge in [-0.3, -0.25) is 19.2 Å². The number of aromatic amines is 1. The number of para-hydroxylation sites is 1. The molecule has 3 rings (SSSR count). The Morgan fingerprint density at radius 1 is 0.786 bits per heavy atom. The van der Waals surface area contributed by atoms with E-state index in [-0.39, 0.29) is 30.6 Å². The van der Waals surface area contributed by atoms with Gasteiger partial charge in [-0.05, 0) is 73.1 Å². The summed E-state index contributed by atoms with van der Waals surface area (Å²) in [5.41, 5.74) is 4.40. The van der Waals surface area contributed by atoms with Crippen molar-refractivity contribution in [3.05, 3.63) is 90.7 Å². The molecule has 0 unspecified atom stereocenters. The van der Waals surface area contributed by atoms with Crippen LogP contribution in [-0.2, 0) is 30.3 Å². The van der Waals surface area contributed by atoms with Crippen LogP contribution >= 0.6 is 0 Å². The first-order valence-corrected chi connectivity index (χ1v) is 22.2. The number of rotatable bonds is 21. The zero-order valence-corrected chi connectivity index (χ0v) is 36.5. The maximum absolute atomic E-state index is 14.4. The Morgan fingerprint density at radius 3 is 1.96 bits per heavy atom. The smallest absolute Gasteiger partial charge is 0.308 e. The molecule has 6 atom stereocenters. The van der Waals surface area contributed by atoms with Gasteiger partial charge in [-0.2, -0.15) is 0 Å². The number of carbonyl (C=O) groups is 4. The minimum atomic E-state index is -2.24. The average molecular weight is 787 g/mol. The summed E-state index contributed by atoms with van der Waals surface area (Å²) in [6.07, 6.45) is 3.63. The van der Waals surface area contributed by atoms with Crippen molar-refractivity contribution in [3.63, 3.8) is 0 Å². The fourth-order valence-electron chi connectivity index (χ4n) is 7.63. The van der Waals surface area contributed by atoms with E-state index in [0.717, 1.165) is 27.8 Å². The van der Waals surface area contributed by atoms with Gasteiger partial charge in [-0.1, -0.05) is 97.4 Å². The molecular formula is C45H66N4O6Si. The summed E-state index contributed by atoms with van der Waals surface area (Å²) in [5, 5.41) is 9.66. The van der Waals surface area contributed by atoms with Crippen molar-refractivity contribution in [1.29, 1.82) is 0 Å². The second-order valence-electron chi connectivity index (χ2n) is 16.5. The summed E-state index contributed by atoms with van der Waals surface area (Å²) in [7, 11) is -2.24. The maximum Gasteiger partial charge on any atom is 0.308 e. The lowest BCUT2D eigenvalue weighted by molar-refractivity contribution is -0.150. The molecule has 0 radical (unpaired) electrons. The summed E-state index contributed by atoms with van der Waals surface area (Å²) in [6.45, 7) is 30.1. The van der Waals surface area contributed by atoms with E-state index in [0.29, 0.717) is 28.6 Å². The Bertz CT molecular complexity index is 1790. The third-order valence-corrected chi connectivity index (χ3v) is 17.0. The van der Waals surface area contributed by atoms with Gasteiger partial charge in [-0.15, -0.1) is 13.2 Å². The zero-order chi connectivity index (χ0) is 41.9. The van der Waals surface area contributed by atoms with Crippen molar-refractivity contribution in [3.8, 4) is 5.75 Å². The molecule has 0 saturated heterocycles. The van der Waals surface area contributed by atoms with Crippen molar-refractivity contribution >= 4 is 42.9 Å². The number of carbonyl (C=O) groups excluding carboxylic acids is 4. The summed E-state index contributed by atoms with van der Waals surface area (Å²) in [5.74, 6) is -1.47. The van der Waals surface area contributed by atoms with Crippen LogP contribution in [0.4, 0.5) is 0 Å². The highest BCUT2D eigenvalue weighted by Crippen LogP contribution is 2.43. The molecule has 0 spiro atoms. The predicted molar refractivity (Wildman–Crippen MR) is 229 cm³/mol. The largest absolute Gasteiger partial charge is 0.543 e. The first-order valence-electron chi connectivity index (χ1n) is 20.0. The Morgan fingerprint density at radius 2 is 1.39 bits per heavy atom. The number of hydrogen-bond donors (Lipinski definition) is 4. The number of allylic oxidation sites excluding steroid dienone is 1. The van der Waals surface area contributed by atoms with E-state index < -0.39 is 50.3 Å². The molecule has 1 aromatic heterocycles. The second kappa shape index (κ2) is 20.5. The predicted octanol–water partition coefficient (Wildman–Crippen LogP) is 8.86. The van der Waals surface area contributed by atoms with Crippen LogP contribution < -0.4 is 20.4 Å². The topological polar surface area (TPSA) is 139 Å². The van der Waals surface area contributed by atoms with Gasteiger partial charge < -0.3 is 30.1 Å². The Balaban J connectivity index is 1.98. The molecule has 0 fully saturated rings. The van der Waals surface area contributed by atoms with Gasteiger partial charge in [0.1, 0.15) is 23.9 Å². The van der Waals surface area contributed by atoms with Gasteiger partial charge in [0.2, 0.25) is 17.7 Å². The molecule has 11 heteroatoms. The van der Waals surface area contributed by atoms with Gasteiger partial charge in [0.15, 0.2) is 0 Å². The molecule has 0 aliphatic rings. The molecule has 4 N–H and O–H groups in total. The van der Waals surface area contributed by atoms with Gasteiger partial charge in [0.25, 0.3) is 8.32 Å². The van der Waals surface area contributed by atoms with E-state index in [1.54, 1.807) is 19.9 Å². The molecule has 3 aromatic rings. The van der Waals surface area contributed by atoms with Crippen molar-refractivity contribution in [2.45, 2.75) is 136 Å². The first-order chi connectivity index (χ1) is 26.3. The Labute approximate surface area is 335 Å². The number of aromatic nitrogens is 1. The average Bonchev–Trinajstić information content (AvgIpc) is 3.54. The quantitative estimate of drug-likeness (QED) is 0.0484. The molecular weight excluding hydrogens is 721 g/mol. The molecule has 0 aliphatic carbocycles. The first kappa shape index (κ1) is 45.7. The third-order valence-electron chi connectivity index (χ3n) is 11.0. The van der Waals surface area contributed by atoms with Crippen LogP contribution in [0.5, 0.6) is 5.75 Å². The molecule has 3 amide bonds. The van der Waals surface area contributed by atoms with E-state index in [1.165, 1.54) is 0 Å². The molecule has 56 heavy (non-hydrogen) atoms. The molecule has 0 bridgehead atoms. The highest BCUT2D eigenvalue weighted by atomic mass is 28.4. The normalized spacial score (nSPS) is 15.0. The molecule has 306 valence electrons. The highest BCUT2D eigenvalue weighted by Gasteiger charge is 2.47. The summed E-state index contributed by atoms with van der Waals surface area (Å²) in [6, 6.07) is 12.5. The van der Waals surface area contributed by atoms with Crippen molar-refractivity contribution < 1.29 is 28.3 Å². The van der Waals surface area contributed by atoms with Crippen LogP contribution in [0.25, 0.3) is 10.9 Å². The Kier molecular flexibility index (Phi) is 16.7. The monoisotopic (exact) mass is 786 g/mol. The minimum Gasteiger partial charge on any atom is -0.543 e. The molecule has 1 heterocycles. The highest BCUT2D eigenvalue weighted by molar-refractivity contribution is 6.78. The van der Waals surface area contributed by atoms with Gasteiger partial charge in [-0.25, -0.2) is 0 Å². The fraction of sp³-hybridized carbons (Fsp3) is 0.511. The van der Waals surface area contributed by atoms with E-state index in [1.807, 2.05) is 75.5 Å². The number of amides is 3. The molecule has 10 nitrogen and oxygen atoms in total. The second-order valence-corrected chi connectivity index (χ2v) is 21.8. The summed E-state index contributed by atoms with van der Waals surface area (Å²) >= 11 is 0. The Hall–Kier alpha value is -4.64. The molecule has 2 aromatic carbocycles. The van der Waals surface area contributed by atoms with Gasteiger partial charge in [0, 0.05) is 35.4 Å². The fourth-order valence-corrected chi connectivity index (χ4v) is 12.9. The van der Waals surface area contributed by atoms with Crippen molar-refractivity contribution in [2.24, 2.45) is 11.8 Å². The standard InChI is InChI=1S/C45H66N4O6Si/c1-14-31(10)34(13)54-42(50)25-40(35-19-21-37(22-20-35)55-56(28(4)5,29(6)7)30(8)9)48-45(53)41(24-36-26-46-39-18-16-15-17-38(36)39)49-44(52)33(12)47-43(51)32(11)23-27(2)3/h14-22,26,28-34,40-41,46H,1-2,23-25H2,3-13H3,(H,47,51)(H,48,53)(H,49,52)/t31-,32+,33+,34-,40-,41-/m1/s1. The van der Waals surface area contributed by atoms with E-state index in [9.17, 15) is 19.2 Å². The number of hydrogen-bond acceptors (Lipinski definition) is 6. The number of nitrogens with one attached hydrogen (secondary N) is 4. The number of benzene rings is 2. The number of fused-ring (bicyclic) bond motifs is 1. The number of ether oxygens (including phenoxy) is 1. The molecule has 0 aliphatic heterocycles. The third kappa shape index (κ3) is 11.9. The van der Waals surface area contributed by atoms with E-state index in [2.05, 4.69) is 75.6 Å². The SMILES string of the molecule is C=C[C@@H](C)[C@@H](C)OC(=O)C[C@@H](NC(=O)[C@@H](Cc1c[nH]c2ccccc12)NC(=O)[C@H](C)NC(=O)[C@@H](C)CC(=C)C)c1ccc(O[Si](C(C)C)(C(C)C)C(C)C)cc1. The molecule has 0 saturated carbocycles. The zero-order valence-electron chi connectivity index (χ0n) is 35.5. The van der Waals surface area contributed by atoms with Crippen LogP contribution in [0.15, 0.2) is 79.5 Å².